The van der Waals surface area contributed by atoms with Crippen molar-refractivity contribution in [3.05, 3.63) is 77.1 Å². The second-order valence-corrected chi connectivity index (χ2v) is 7.75. The van der Waals surface area contributed by atoms with Gasteiger partial charge in [0.15, 0.2) is 0 Å². The average molecular weight is 358 g/mol. The molecule has 1 unspecified atom stereocenters. The Morgan fingerprint density at radius 2 is 1.52 bits per heavy atom. The highest BCUT2D eigenvalue weighted by atomic mass is 31.2. The summed E-state index contributed by atoms with van der Waals surface area (Å²) in [5, 5.41) is 0.622. The number of hydrogen-bond donors (Lipinski definition) is 0. The summed E-state index contributed by atoms with van der Waals surface area (Å²) in [6, 6.07) is 19.7. The van der Waals surface area contributed by atoms with Gasteiger partial charge in [0.2, 0.25) is 0 Å². The number of benzene rings is 2. The van der Waals surface area contributed by atoms with Gasteiger partial charge in [0, 0.05) is 12.0 Å². The summed E-state index contributed by atoms with van der Waals surface area (Å²) in [6.07, 6.45) is 0.298. The molecule has 0 radical (unpaired) electrons. The minimum atomic E-state index is -3.39. The third kappa shape index (κ3) is 3.87. The van der Waals surface area contributed by atoms with Gasteiger partial charge in [-0.15, -0.1) is 0 Å². The van der Waals surface area contributed by atoms with Crippen molar-refractivity contribution in [3.8, 4) is 0 Å². The molecule has 1 atom stereocenters. The minimum absolute atomic E-state index is 0.194. The molecule has 132 valence electrons. The van der Waals surface area contributed by atoms with Crippen molar-refractivity contribution < 1.29 is 18.3 Å². The number of ether oxygens (including phenoxy) is 1. The van der Waals surface area contributed by atoms with E-state index in [4.69, 9.17) is 13.8 Å². The van der Waals surface area contributed by atoms with Crippen molar-refractivity contribution in [1.29, 1.82) is 0 Å². The van der Waals surface area contributed by atoms with Gasteiger partial charge in [0.05, 0.1) is 18.5 Å². The molecular weight excluding hydrogens is 335 g/mol. The Balaban J connectivity index is 2.03. The van der Waals surface area contributed by atoms with Crippen molar-refractivity contribution in [2.75, 3.05) is 13.2 Å². The third-order valence-corrected chi connectivity index (χ3v) is 6.28. The predicted molar refractivity (Wildman–Crippen MR) is 99.1 cm³/mol. The van der Waals surface area contributed by atoms with E-state index in [9.17, 15) is 4.57 Å². The lowest BCUT2D eigenvalue weighted by Crippen LogP contribution is -2.00. The van der Waals surface area contributed by atoms with Gasteiger partial charge in [-0.05, 0) is 19.4 Å². The third-order valence-electron chi connectivity index (χ3n) is 4.04. The fraction of sp³-hybridized carbons (Fsp3) is 0.300. The van der Waals surface area contributed by atoms with Crippen LogP contribution < -0.4 is 0 Å². The summed E-state index contributed by atoms with van der Waals surface area (Å²) >= 11 is 0. The maximum Gasteiger partial charge on any atom is 0.361 e. The van der Waals surface area contributed by atoms with Crippen LogP contribution in [-0.2, 0) is 18.3 Å². The van der Waals surface area contributed by atoms with E-state index in [1.54, 1.807) is 0 Å². The van der Waals surface area contributed by atoms with Gasteiger partial charge in [0.25, 0.3) is 0 Å². The average Bonchev–Trinajstić information content (AvgIpc) is 3.10. The van der Waals surface area contributed by atoms with Gasteiger partial charge in [-0.1, -0.05) is 60.7 Å². The molecule has 1 aliphatic rings. The Morgan fingerprint density at radius 1 is 0.960 bits per heavy atom. The van der Waals surface area contributed by atoms with Crippen molar-refractivity contribution in [2.45, 2.75) is 26.4 Å². The maximum atomic E-state index is 13.4. The minimum Gasteiger partial charge on any atom is -0.484 e. The van der Waals surface area contributed by atoms with E-state index in [2.05, 4.69) is 0 Å². The van der Waals surface area contributed by atoms with Crippen LogP contribution in [0.5, 0.6) is 0 Å². The Hall–Kier alpha value is -1.87. The Morgan fingerprint density at radius 3 is 2.08 bits per heavy atom. The van der Waals surface area contributed by atoms with Crippen LogP contribution in [0.25, 0.3) is 5.76 Å². The van der Waals surface area contributed by atoms with E-state index in [0.29, 0.717) is 30.7 Å². The van der Waals surface area contributed by atoms with Crippen LogP contribution in [-0.4, -0.2) is 13.2 Å². The lowest BCUT2D eigenvalue weighted by molar-refractivity contribution is 0.193. The van der Waals surface area contributed by atoms with Gasteiger partial charge in [-0.25, -0.2) is 0 Å². The first-order valence-corrected chi connectivity index (χ1v) is 10.1. The van der Waals surface area contributed by atoms with Gasteiger partial charge >= 0.3 is 7.60 Å². The van der Waals surface area contributed by atoms with Crippen LogP contribution in [0.2, 0.25) is 0 Å². The zero-order valence-electron chi connectivity index (χ0n) is 14.6. The summed E-state index contributed by atoms with van der Waals surface area (Å²) in [5.74, 6) is 0.611. The van der Waals surface area contributed by atoms with Crippen LogP contribution in [0.4, 0.5) is 0 Å². The Labute approximate surface area is 149 Å². The fourth-order valence-electron chi connectivity index (χ4n) is 2.97. The van der Waals surface area contributed by atoms with E-state index in [1.165, 1.54) is 0 Å². The van der Waals surface area contributed by atoms with Crippen LogP contribution in [0.1, 0.15) is 37.5 Å². The van der Waals surface area contributed by atoms with Gasteiger partial charge in [0.1, 0.15) is 11.9 Å². The molecule has 5 heteroatoms. The molecule has 1 heterocycles. The maximum absolute atomic E-state index is 13.4. The van der Waals surface area contributed by atoms with Crippen molar-refractivity contribution in [3.63, 3.8) is 0 Å². The monoisotopic (exact) mass is 358 g/mol. The fourth-order valence-corrected chi connectivity index (χ4v) is 4.85. The normalized spacial score (nSPS) is 17.6. The molecule has 0 saturated carbocycles. The Bertz CT molecular complexity index is 761. The molecule has 0 amide bonds. The first-order valence-electron chi connectivity index (χ1n) is 8.57. The molecule has 3 rings (SSSR count). The molecule has 0 fully saturated rings. The van der Waals surface area contributed by atoms with Crippen LogP contribution in [0, 0.1) is 0 Å². The van der Waals surface area contributed by atoms with Crippen molar-refractivity contribution in [1.82, 2.24) is 0 Å². The molecule has 2 aromatic rings. The van der Waals surface area contributed by atoms with Crippen molar-refractivity contribution >= 4 is 13.4 Å². The molecule has 4 nitrogen and oxygen atoms in total. The van der Waals surface area contributed by atoms with Gasteiger partial charge in [-0.2, -0.15) is 0 Å². The second kappa shape index (κ2) is 8.01. The van der Waals surface area contributed by atoms with E-state index >= 15 is 0 Å². The highest BCUT2D eigenvalue weighted by Crippen LogP contribution is 2.64. The van der Waals surface area contributed by atoms with E-state index < -0.39 is 7.60 Å². The summed E-state index contributed by atoms with van der Waals surface area (Å²) < 4.78 is 30.8. The van der Waals surface area contributed by atoms with Gasteiger partial charge in [-0.3, -0.25) is 4.57 Å². The van der Waals surface area contributed by atoms with Crippen LogP contribution in [0.3, 0.4) is 0 Å². The zero-order valence-corrected chi connectivity index (χ0v) is 15.4. The molecule has 0 bridgehead atoms. The molecule has 0 N–H and O–H groups in total. The quantitative estimate of drug-likeness (QED) is 0.588. The molecule has 0 aliphatic carbocycles. The van der Waals surface area contributed by atoms with Crippen LogP contribution >= 0.6 is 7.60 Å². The molecular formula is C20H23O4P. The molecule has 2 aromatic carbocycles. The molecule has 0 spiro atoms. The lowest BCUT2D eigenvalue weighted by Gasteiger charge is -2.18. The molecule has 25 heavy (non-hydrogen) atoms. The highest BCUT2D eigenvalue weighted by Gasteiger charge is 2.41. The second-order valence-electron chi connectivity index (χ2n) is 5.70. The molecule has 0 saturated heterocycles. The van der Waals surface area contributed by atoms with Gasteiger partial charge < -0.3 is 13.8 Å². The van der Waals surface area contributed by atoms with Crippen LogP contribution in [0.15, 0.2) is 66.0 Å². The zero-order chi connectivity index (χ0) is 17.7. The predicted octanol–water partition coefficient (Wildman–Crippen LogP) is 5.78. The summed E-state index contributed by atoms with van der Waals surface area (Å²) in [5.41, 5.74) is 1.93. The van der Waals surface area contributed by atoms with E-state index in [0.717, 1.165) is 11.1 Å². The standard InChI is InChI=1S/C20H23O4P/c1-3-22-25(21,23-4-2)19-15-18(16-11-7-5-8-12-16)24-20(19)17-13-9-6-10-14-17/h5-14,18H,3-4,15H2,1-2H3. The SMILES string of the molecule is CCOP(=O)(OCC)C1=C(c2ccccc2)OC(c2ccccc2)C1. The molecule has 1 aliphatic heterocycles. The smallest absolute Gasteiger partial charge is 0.361 e. The largest absolute Gasteiger partial charge is 0.484 e. The topological polar surface area (TPSA) is 44.8 Å². The first kappa shape index (κ1) is 17.9. The lowest BCUT2D eigenvalue weighted by atomic mass is 10.1. The molecule has 0 aromatic heterocycles. The number of rotatable bonds is 7. The van der Waals surface area contributed by atoms with Crippen molar-refractivity contribution in [2.24, 2.45) is 0 Å². The number of hydrogen-bond acceptors (Lipinski definition) is 4. The van der Waals surface area contributed by atoms with E-state index in [-0.39, 0.29) is 6.10 Å². The van der Waals surface area contributed by atoms with E-state index in [1.807, 2.05) is 74.5 Å². The Kier molecular flexibility index (Phi) is 5.74. The first-order chi connectivity index (χ1) is 12.2. The summed E-state index contributed by atoms with van der Waals surface area (Å²) in [4.78, 5) is 0. The highest BCUT2D eigenvalue weighted by molar-refractivity contribution is 7.58. The summed E-state index contributed by atoms with van der Waals surface area (Å²) in [6.45, 7) is 4.27. The summed E-state index contributed by atoms with van der Waals surface area (Å²) in [7, 11) is -3.39.